The largest absolute Gasteiger partial charge is 0.375 e. The molecule has 0 aromatic heterocycles. The summed E-state index contributed by atoms with van der Waals surface area (Å²) in [6.45, 7) is 0. The van der Waals surface area contributed by atoms with E-state index in [1.807, 2.05) is 19.0 Å². The van der Waals surface area contributed by atoms with E-state index in [0.717, 1.165) is 0 Å². The normalized spacial score (nSPS) is 7.07. The Bertz CT molecular complexity index is 194. The molecule has 0 aliphatic heterocycles. The molecule has 0 spiro atoms. The molecule has 5 nitrogen and oxygen atoms in total. The number of rotatable bonds is 1. The highest BCUT2D eigenvalue weighted by Crippen LogP contribution is 1.82. The van der Waals surface area contributed by atoms with Gasteiger partial charge in [-0.15, -0.1) is 0 Å². The summed E-state index contributed by atoms with van der Waals surface area (Å²) >= 11 is 11.1. The van der Waals surface area contributed by atoms with Crippen LogP contribution in [0.15, 0.2) is 0 Å². The van der Waals surface area contributed by atoms with E-state index in [1.165, 1.54) is 4.90 Å². The molecule has 15 heavy (non-hydrogen) atoms. The quantitative estimate of drug-likeness (QED) is 0.493. The zero-order valence-corrected chi connectivity index (χ0v) is 11.8. The lowest BCUT2D eigenvalue weighted by atomic mass is 11.0. The zero-order valence-electron chi connectivity index (χ0n) is 9.17. The Balaban J connectivity index is -0.000000147. The van der Waals surface area contributed by atoms with Crippen LogP contribution < -0.4 is 5.73 Å². The first-order valence-electron chi connectivity index (χ1n) is 3.65. The van der Waals surface area contributed by atoms with Gasteiger partial charge < -0.3 is 15.5 Å². The summed E-state index contributed by atoms with van der Waals surface area (Å²) in [6.07, 6.45) is 0. The topological polar surface area (TPSA) is 66.6 Å². The number of carbonyl (C=O) groups excluding carboxylic acids is 2. The van der Waals surface area contributed by atoms with E-state index in [1.54, 1.807) is 19.6 Å². The zero-order chi connectivity index (χ0) is 13.0. The predicted molar refractivity (Wildman–Crippen MR) is 74.0 cm³/mol. The van der Waals surface area contributed by atoms with Crippen molar-refractivity contribution in [1.82, 2.24) is 9.80 Å². The summed E-state index contributed by atoms with van der Waals surface area (Å²) in [5.41, 5.74) is 5.92. The predicted octanol–water partition coefficient (Wildman–Crippen LogP) is 1.10. The van der Waals surface area contributed by atoms with Crippen LogP contribution in [0.2, 0.25) is 0 Å². The second-order valence-corrected chi connectivity index (χ2v) is 3.62. The van der Waals surface area contributed by atoms with Crippen LogP contribution in [0.1, 0.15) is 0 Å². The van der Waals surface area contributed by atoms with Gasteiger partial charge in [-0.25, -0.2) is 0 Å². The van der Waals surface area contributed by atoms with Crippen LogP contribution in [0.5, 0.6) is 0 Å². The Labute approximate surface area is 107 Å². The number of amides is 2. The highest BCUT2D eigenvalue weighted by molar-refractivity contribution is 7.96. The first kappa shape index (κ1) is 20.0. The summed E-state index contributed by atoms with van der Waals surface area (Å²) in [5.74, 6) is 0. The molecule has 0 aromatic carbocycles. The van der Waals surface area contributed by atoms with Crippen molar-refractivity contribution in [3.8, 4) is 0 Å². The number of nitrogens with two attached hydrogens (primary N) is 1. The van der Waals surface area contributed by atoms with Crippen molar-refractivity contribution in [2.75, 3.05) is 28.2 Å². The molecule has 0 aliphatic rings. The third-order valence-corrected chi connectivity index (χ3v) is 1.42. The molecule has 0 saturated heterocycles. The molecule has 0 aromatic rings. The number of hydrogen-bond donors (Lipinski definition) is 3. The second kappa shape index (κ2) is 13.5. The highest BCUT2D eigenvalue weighted by Gasteiger charge is 1.89. The van der Waals surface area contributed by atoms with E-state index in [-0.39, 0.29) is 5.24 Å². The fourth-order valence-corrected chi connectivity index (χ4v) is 0. The minimum absolute atomic E-state index is 0.213. The van der Waals surface area contributed by atoms with E-state index in [2.05, 4.69) is 43.2 Å². The van der Waals surface area contributed by atoms with Gasteiger partial charge in [-0.05, 0) is 0 Å². The lowest BCUT2D eigenvalue weighted by molar-refractivity contribution is 0.241. The molecule has 8 heteroatoms. The summed E-state index contributed by atoms with van der Waals surface area (Å²) < 4.78 is 0. The Morgan fingerprint density at radius 3 is 1.33 bits per heavy atom. The van der Waals surface area contributed by atoms with Crippen molar-refractivity contribution in [1.29, 1.82) is 0 Å². The summed E-state index contributed by atoms with van der Waals surface area (Å²) in [7, 11) is 7.09. The number of thiocarbonyl (C=S) groups is 1. The number of primary amides is 1. The minimum atomic E-state index is -0.639. The molecule has 0 heterocycles. The molecule has 0 fully saturated rings. The van der Waals surface area contributed by atoms with E-state index in [9.17, 15) is 4.79 Å². The first-order valence-corrected chi connectivity index (χ1v) is 5.02. The van der Waals surface area contributed by atoms with Gasteiger partial charge in [0.25, 0.3) is 10.5 Å². The van der Waals surface area contributed by atoms with Crippen molar-refractivity contribution in [2.45, 2.75) is 0 Å². The SMILES string of the molecule is CN(C)C(=O)S.CN(C)C=S.NC(=O)S. The lowest BCUT2D eigenvalue weighted by Gasteiger charge is -2.01. The summed E-state index contributed by atoms with van der Waals surface area (Å²) in [5, 5.41) is -0.852. The van der Waals surface area contributed by atoms with Gasteiger partial charge in [-0.1, -0.05) is 37.5 Å². The smallest absolute Gasteiger partial charge is 0.278 e. The van der Waals surface area contributed by atoms with Gasteiger partial charge in [-0.3, -0.25) is 9.59 Å². The maximum absolute atomic E-state index is 9.93. The Hall–Kier alpha value is -0.470. The molecule has 0 saturated carbocycles. The van der Waals surface area contributed by atoms with E-state index < -0.39 is 5.24 Å². The average molecular weight is 271 g/mol. The van der Waals surface area contributed by atoms with Crippen LogP contribution in [0.3, 0.4) is 0 Å². The fourth-order valence-electron chi connectivity index (χ4n) is 0. The van der Waals surface area contributed by atoms with Gasteiger partial charge in [0.2, 0.25) is 0 Å². The Morgan fingerprint density at radius 2 is 1.33 bits per heavy atom. The minimum Gasteiger partial charge on any atom is -0.375 e. The summed E-state index contributed by atoms with van der Waals surface area (Å²) in [4.78, 5) is 22.2. The van der Waals surface area contributed by atoms with E-state index in [4.69, 9.17) is 4.79 Å². The second-order valence-electron chi connectivity index (χ2n) is 2.58. The number of hydrogen-bond acceptors (Lipinski definition) is 3. The monoisotopic (exact) mass is 271 g/mol. The third-order valence-electron chi connectivity index (χ3n) is 0.593. The summed E-state index contributed by atoms with van der Waals surface area (Å²) in [6, 6.07) is 0. The van der Waals surface area contributed by atoms with Crippen LogP contribution in [0.4, 0.5) is 9.59 Å². The van der Waals surface area contributed by atoms with E-state index >= 15 is 0 Å². The van der Waals surface area contributed by atoms with Crippen LogP contribution in [0.25, 0.3) is 0 Å². The van der Waals surface area contributed by atoms with E-state index in [0.29, 0.717) is 0 Å². The molecular weight excluding hydrogens is 254 g/mol. The molecule has 0 radical (unpaired) electrons. The van der Waals surface area contributed by atoms with Gasteiger partial charge in [0.1, 0.15) is 0 Å². The van der Waals surface area contributed by atoms with Crippen molar-refractivity contribution in [3.63, 3.8) is 0 Å². The van der Waals surface area contributed by atoms with Crippen LogP contribution >= 0.6 is 37.5 Å². The van der Waals surface area contributed by atoms with Crippen LogP contribution in [0, 0.1) is 0 Å². The molecule has 0 unspecified atom stereocenters. The molecule has 2 N–H and O–H groups in total. The van der Waals surface area contributed by atoms with Gasteiger partial charge in [0.15, 0.2) is 0 Å². The molecule has 0 atom stereocenters. The Morgan fingerprint density at radius 1 is 1.20 bits per heavy atom. The van der Waals surface area contributed by atoms with Crippen molar-refractivity contribution in [2.24, 2.45) is 5.73 Å². The van der Waals surface area contributed by atoms with Crippen molar-refractivity contribution in [3.05, 3.63) is 0 Å². The van der Waals surface area contributed by atoms with Crippen molar-refractivity contribution < 1.29 is 9.59 Å². The van der Waals surface area contributed by atoms with Gasteiger partial charge in [0.05, 0.1) is 5.49 Å². The molecule has 0 aliphatic carbocycles. The molecule has 0 bridgehead atoms. The molecular formula is C7H17N3O2S3. The first-order chi connectivity index (χ1) is 6.64. The molecule has 0 rings (SSSR count). The maximum atomic E-state index is 9.93. The van der Waals surface area contributed by atoms with Crippen molar-refractivity contribution >= 4 is 53.4 Å². The number of thiol groups is 2. The number of carbonyl (C=O) groups is 2. The van der Waals surface area contributed by atoms with Gasteiger partial charge >= 0.3 is 0 Å². The standard InChI is InChI=1S/C3H7NOS.C3H7NS.CH3NOS/c1-4(2)3(5)6;1-4(2)3-5;2-1(3)4/h1-2H3,(H,5,6);3H,1-2H3;(H3,2,3,4). The van der Waals surface area contributed by atoms with Crippen LogP contribution in [-0.2, 0) is 0 Å². The number of nitrogens with zero attached hydrogens (tertiary/aromatic N) is 2. The Kier molecular flexibility index (Phi) is 18.0. The molecule has 90 valence electrons. The lowest BCUT2D eigenvalue weighted by Crippen LogP contribution is -2.13. The maximum Gasteiger partial charge on any atom is 0.278 e. The van der Waals surface area contributed by atoms with Gasteiger partial charge in [0, 0.05) is 28.2 Å². The molecule has 2 amide bonds. The average Bonchev–Trinajstić information content (AvgIpc) is 2.04. The van der Waals surface area contributed by atoms with Crippen LogP contribution in [-0.4, -0.2) is 54.0 Å². The van der Waals surface area contributed by atoms with Gasteiger partial charge in [-0.2, -0.15) is 0 Å². The fraction of sp³-hybridized carbons (Fsp3) is 0.571. The third kappa shape index (κ3) is 58.8. The highest BCUT2D eigenvalue weighted by atomic mass is 32.1.